The average molecular weight is 329 g/mol. The number of nitrogens with zero attached hydrogens (tertiary/aromatic N) is 1. The minimum absolute atomic E-state index is 0.153. The molecule has 5 heteroatoms. The Morgan fingerprint density at radius 2 is 1.74 bits per heavy atom. The third-order valence-electron chi connectivity index (χ3n) is 4.10. The van der Waals surface area contributed by atoms with Crippen LogP contribution in [0.15, 0.2) is 71.1 Å². The van der Waals surface area contributed by atoms with E-state index in [1.165, 1.54) is 4.31 Å². The van der Waals surface area contributed by atoms with Gasteiger partial charge in [-0.1, -0.05) is 54.1 Å². The zero-order chi connectivity index (χ0) is 16.4. The van der Waals surface area contributed by atoms with Crippen LogP contribution < -0.4 is 0 Å². The number of hydrogen-bond donors (Lipinski definition) is 1. The van der Waals surface area contributed by atoms with Crippen molar-refractivity contribution in [3.05, 3.63) is 77.4 Å². The molecular weight excluding hydrogens is 310 g/mol. The van der Waals surface area contributed by atoms with Gasteiger partial charge in [0.05, 0.1) is 17.5 Å². The van der Waals surface area contributed by atoms with Crippen LogP contribution in [-0.4, -0.2) is 31.0 Å². The molecule has 4 nitrogen and oxygen atoms in total. The molecule has 3 rings (SSSR count). The Labute approximate surface area is 136 Å². The Morgan fingerprint density at radius 3 is 2.35 bits per heavy atom. The topological polar surface area (TPSA) is 57.6 Å². The van der Waals surface area contributed by atoms with Crippen LogP contribution in [0.25, 0.3) is 0 Å². The molecule has 1 atom stereocenters. The molecule has 0 saturated heterocycles. The first-order chi connectivity index (χ1) is 11.0. The van der Waals surface area contributed by atoms with Crippen molar-refractivity contribution < 1.29 is 13.5 Å². The van der Waals surface area contributed by atoms with Crippen molar-refractivity contribution in [2.75, 3.05) is 13.2 Å². The van der Waals surface area contributed by atoms with Crippen LogP contribution in [0.5, 0.6) is 0 Å². The molecule has 2 aromatic rings. The number of hydrogen-bond acceptors (Lipinski definition) is 3. The summed E-state index contributed by atoms with van der Waals surface area (Å²) < 4.78 is 27.4. The zero-order valence-corrected chi connectivity index (χ0v) is 13.7. The highest BCUT2D eigenvalue weighted by Gasteiger charge is 2.37. The summed E-state index contributed by atoms with van der Waals surface area (Å²) in [6.07, 6.45) is 1.80. The molecule has 0 fully saturated rings. The summed E-state index contributed by atoms with van der Waals surface area (Å²) in [4.78, 5) is 0.275. The second-order valence-electron chi connectivity index (χ2n) is 5.64. The van der Waals surface area contributed by atoms with Crippen LogP contribution >= 0.6 is 0 Å². The maximum atomic E-state index is 13.0. The number of rotatable bonds is 4. The Bertz CT molecular complexity index is 811. The standard InChI is InChI=1S/C18H19NO3S/c1-14-7-9-17(10-8-14)23(21,22)19-12-11-16(13-20)18(19)15-5-3-2-4-6-15/h2-11,18,20H,12-13H2,1H3/t18-/m0/s1. The van der Waals surface area contributed by atoms with Gasteiger partial charge >= 0.3 is 0 Å². The van der Waals surface area contributed by atoms with E-state index in [0.717, 1.165) is 11.1 Å². The molecule has 0 saturated carbocycles. The van der Waals surface area contributed by atoms with Gasteiger partial charge in [-0.05, 0) is 30.2 Å². The van der Waals surface area contributed by atoms with E-state index in [0.29, 0.717) is 5.57 Å². The van der Waals surface area contributed by atoms with E-state index in [1.807, 2.05) is 37.3 Å². The van der Waals surface area contributed by atoms with E-state index in [-0.39, 0.29) is 18.0 Å². The van der Waals surface area contributed by atoms with Gasteiger partial charge in [-0.3, -0.25) is 0 Å². The van der Waals surface area contributed by atoms with Crippen molar-refractivity contribution in [1.29, 1.82) is 0 Å². The Kier molecular flexibility index (Phi) is 4.35. The van der Waals surface area contributed by atoms with Gasteiger partial charge in [0.15, 0.2) is 0 Å². The van der Waals surface area contributed by atoms with E-state index in [1.54, 1.807) is 30.3 Å². The first-order valence-electron chi connectivity index (χ1n) is 7.47. The molecule has 1 aliphatic heterocycles. The average Bonchev–Trinajstić information content (AvgIpc) is 3.01. The van der Waals surface area contributed by atoms with Crippen molar-refractivity contribution in [3.8, 4) is 0 Å². The first kappa shape index (κ1) is 15.9. The minimum atomic E-state index is -3.63. The smallest absolute Gasteiger partial charge is 0.244 e. The fourth-order valence-corrected chi connectivity index (χ4v) is 4.41. The van der Waals surface area contributed by atoms with E-state index in [2.05, 4.69) is 0 Å². The first-order valence-corrected chi connectivity index (χ1v) is 8.91. The quantitative estimate of drug-likeness (QED) is 0.878. The highest BCUT2D eigenvalue weighted by molar-refractivity contribution is 7.89. The lowest BCUT2D eigenvalue weighted by molar-refractivity contribution is 0.307. The summed E-state index contributed by atoms with van der Waals surface area (Å²) in [5.74, 6) is 0. The molecule has 120 valence electrons. The van der Waals surface area contributed by atoms with Crippen molar-refractivity contribution in [2.24, 2.45) is 0 Å². The molecule has 0 unspecified atom stereocenters. The summed E-state index contributed by atoms with van der Waals surface area (Å²) in [5, 5.41) is 9.60. The second-order valence-corrected chi connectivity index (χ2v) is 7.53. The third-order valence-corrected chi connectivity index (χ3v) is 5.94. The van der Waals surface area contributed by atoms with Crippen molar-refractivity contribution in [2.45, 2.75) is 17.9 Å². The second kappa shape index (κ2) is 6.28. The minimum Gasteiger partial charge on any atom is -0.392 e. The molecule has 23 heavy (non-hydrogen) atoms. The molecule has 1 N–H and O–H groups in total. The van der Waals surface area contributed by atoms with Gasteiger partial charge in [0.25, 0.3) is 0 Å². The fraction of sp³-hybridized carbons (Fsp3) is 0.222. The summed E-state index contributed by atoms with van der Waals surface area (Å²) in [6, 6.07) is 15.8. The van der Waals surface area contributed by atoms with E-state index >= 15 is 0 Å². The molecule has 0 bridgehead atoms. The highest BCUT2D eigenvalue weighted by atomic mass is 32.2. The van der Waals surface area contributed by atoms with Gasteiger partial charge in [0.1, 0.15) is 0 Å². The maximum absolute atomic E-state index is 13.0. The molecule has 0 amide bonds. The van der Waals surface area contributed by atoms with Crippen LogP contribution in [0, 0.1) is 6.92 Å². The van der Waals surface area contributed by atoms with Crippen LogP contribution in [0.4, 0.5) is 0 Å². The molecule has 0 spiro atoms. The predicted octanol–water partition coefficient (Wildman–Crippen LogP) is 2.66. The monoisotopic (exact) mass is 329 g/mol. The molecular formula is C18H19NO3S. The lowest BCUT2D eigenvalue weighted by Gasteiger charge is -2.26. The molecule has 1 aliphatic rings. The molecule has 0 aromatic heterocycles. The van der Waals surface area contributed by atoms with Gasteiger partial charge in [-0.25, -0.2) is 8.42 Å². The predicted molar refractivity (Wildman–Crippen MR) is 89.4 cm³/mol. The third kappa shape index (κ3) is 2.95. The summed E-state index contributed by atoms with van der Waals surface area (Å²) >= 11 is 0. The largest absolute Gasteiger partial charge is 0.392 e. The SMILES string of the molecule is Cc1ccc(S(=O)(=O)N2CC=C(CO)[C@@H]2c2ccccc2)cc1. The molecule has 0 aliphatic carbocycles. The lowest BCUT2D eigenvalue weighted by Crippen LogP contribution is -2.32. The van der Waals surface area contributed by atoms with Crippen molar-refractivity contribution in [1.82, 2.24) is 4.31 Å². The fourth-order valence-electron chi connectivity index (χ4n) is 2.86. The number of benzene rings is 2. The number of sulfonamides is 1. The van der Waals surface area contributed by atoms with Gasteiger partial charge in [-0.15, -0.1) is 0 Å². The lowest BCUT2D eigenvalue weighted by atomic mass is 10.0. The van der Waals surface area contributed by atoms with Crippen LogP contribution in [0.2, 0.25) is 0 Å². The number of aryl methyl sites for hydroxylation is 1. The highest BCUT2D eigenvalue weighted by Crippen LogP contribution is 2.37. The maximum Gasteiger partial charge on any atom is 0.244 e. The van der Waals surface area contributed by atoms with E-state index in [4.69, 9.17) is 0 Å². The van der Waals surface area contributed by atoms with Gasteiger partial charge in [-0.2, -0.15) is 4.31 Å². The van der Waals surface area contributed by atoms with Gasteiger partial charge in [0, 0.05) is 6.54 Å². The zero-order valence-electron chi connectivity index (χ0n) is 12.9. The van der Waals surface area contributed by atoms with Crippen molar-refractivity contribution in [3.63, 3.8) is 0 Å². The normalized spacial score (nSPS) is 18.9. The van der Waals surface area contributed by atoms with E-state index in [9.17, 15) is 13.5 Å². The van der Waals surface area contributed by atoms with Crippen LogP contribution in [0.1, 0.15) is 17.2 Å². The van der Waals surface area contributed by atoms with Crippen molar-refractivity contribution >= 4 is 10.0 Å². The number of aliphatic hydroxyl groups is 1. The Hall–Kier alpha value is -1.95. The molecule has 1 heterocycles. The summed E-state index contributed by atoms with van der Waals surface area (Å²) in [7, 11) is -3.63. The Morgan fingerprint density at radius 1 is 1.09 bits per heavy atom. The Balaban J connectivity index is 2.03. The van der Waals surface area contributed by atoms with Gasteiger partial charge < -0.3 is 5.11 Å². The van der Waals surface area contributed by atoms with Crippen LogP contribution in [-0.2, 0) is 10.0 Å². The summed E-state index contributed by atoms with van der Waals surface area (Å²) in [5.41, 5.74) is 2.59. The molecule has 0 radical (unpaired) electrons. The molecule has 2 aromatic carbocycles. The van der Waals surface area contributed by atoms with Crippen LogP contribution in [0.3, 0.4) is 0 Å². The van der Waals surface area contributed by atoms with Gasteiger partial charge in [0.2, 0.25) is 10.0 Å². The number of aliphatic hydroxyl groups excluding tert-OH is 1. The summed E-state index contributed by atoms with van der Waals surface area (Å²) in [6.45, 7) is 2.04. The van der Waals surface area contributed by atoms with E-state index < -0.39 is 16.1 Å².